The van der Waals surface area contributed by atoms with Gasteiger partial charge in [-0.15, -0.1) is 0 Å². The lowest BCUT2D eigenvalue weighted by Crippen LogP contribution is -2.46. The van der Waals surface area contributed by atoms with Gasteiger partial charge >= 0.3 is 0 Å². The van der Waals surface area contributed by atoms with Crippen molar-refractivity contribution in [2.75, 3.05) is 7.05 Å². The smallest absolute Gasteiger partial charge is 0.185 e. The van der Waals surface area contributed by atoms with Gasteiger partial charge in [0.05, 0.1) is 5.25 Å². The van der Waals surface area contributed by atoms with E-state index in [0.29, 0.717) is 6.42 Å². The van der Waals surface area contributed by atoms with Crippen molar-refractivity contribution in [2.24, 2.45) is 5.92 Å². The summed E-state index contributed by atoms with van der Waals surface area (Å²) in [6, 6.07) is 2.34. The molecule has 0 aliphatic heterocycles. The molecular formula is C14H19F2NO2S. The molecule has 3 nitrogen and oxygen atoms in total. The first-order valence-corrected chi connectivity index (χ1v) is 8.27. The van der Waals surface area contributed by atoms with E-state index in [0.717, 1.165) is 31.0 Å². The first-order valence-electron chi connectivity index (χ1n) is 6.72. The van der Waals surface area contributed by atoms with Crippen LogP contribution in [0.3, 0.4) is 0 Å². The Labute approximate surface area is 118 Å². The molecule has 1 N–H and O–H groups in total. The standard InChI is InChI=1S/C14H19F2NO2S/c1-9-3-6-12(17-2)14(7-9)20(18,19)13-8-10(15)4-5-11(13)16/h4-5,8-9,12,14,17H,3,6-7H2,1-2H3. The number of hydrogen-bond donors (Lipinski definition) is 1. The summed E-state index contributed by atoms with van der Waals surface area (Å²) < 4.78 is 52.3. The number of hydrogen-bond acceptors (Lipinski definition) is 3. The zero-order valence-electron chi connectivity index (χ0n) is 11.6. The molecule has 0 aromatic heterocycles. The van der Waals surface area contributed by atoms with Crippen molar-refractivity contribution in [2.45, 2.75) is 42.4 Å². The predicted molar refractivity (Wildman–Crippen MR) is 73.2 cm³/mol. The lowest BCUT2D eigenvalue weighted by Gasteiger charge is -2.34. The molecule has 20 heavy (non-hydrogen) atoms. The van der Waals surface area contributed by atoms with E-state index in [1.54, 1.807) is 7.05 Å². The van der Waals surface area contributed by atoms with Gasteiger partial charge in [0.25, 0.3) is 0 Å². The topological polar surface area (TPSA) is 46.2 Å². The van der Waals surface area contributed by atoms with Crippen LogP contribution in [0.15, 0.2) is 23.1 Å². The Bertz CT molecular complexity index is 589. The van der Waals surface area contributed by atoms with Gasteiger partial charge in [0.2, 0.25) is 0 Å². The van der Waals surface area contributed by atoms with Crippen molar-refractivity contribution in [3.63, 3.8) is 0 Å². The molecule has 0 amide bonds. The Morgan fingerprint density at radius 1 is 1.25 bits per heavy atom. The molecule has 3 unspecified atom stereocenters. The predicted octanol–water partition coefficient (Wildman–Crippen LogP) is 2.52. The van der Waals surface area contributed by atoms with Crippen LogP contribution in [-0.2, 0) is 9.84 Å². The number of sulfone groups is 1. The second kappa shape index (κ2) is 5.77. The van der Waals surface area contributed by atoms with Crippen LogP contribution >= 0.6 is 0 Å². The Morgan fingerprint density at radius 3 is 2.60 bits per heavy atom. The summed E-state index contributed by atoms with van der Waals surface area (Å²) in [4.78, 5) is -0.531. The zero-order chi connectivity index (χ0) is 14.9. The third-order valence-electron chi connectivity index (χ3n) is 4.02. The van der Waals surface area contributed by atoms with Crippen LogP contribution in [0, 0.1) is 17.6 Å². The van der Waals surface area contributed by atoms with Gasteiger partial charge in [-0.05, 0) is 50.4 Å². The minimum absolute atomic E-state index is 0.223. The molecule has 0 saturated heterocycles. The normalized spacial score (nSPS) is 27.5. The maximum atomic E-state index is 13.8. The fraction of sp³-hybridized carbons (Fsp3) is 0.571. The maximum absolute atomic E-state index is 13.8. The average Bonchev–Trinajstić information content (AvgIpc) is 2.41. The quantitative estimate of drug-likeness (QED) is 0.933. The number of benzene rings is 1. The summed E-state index contributed by atoms with van der Waals surface area (Å²) >= 11 is 0. The van der Waals surface area contributed by atoms with Gasteiger partial charge in [0.1, 0.15) is 16.5 Å². The van der Waals surface area contributed by atoms with Crippen molar-refractivity contribution in [1.82, 2.24) is 5.32 Å². The number of nitrogens with one attached hydrogen (secondary N) is 1. The molecule has 1 saturated carbocycles. The van der Waals surface area contributed by atoms with Crippen LogP contribution < -0.4 is 5.32 Å². The van der Waals surface area contributed by atoms with Crippen molar-refractivity contribution >= 4 is 9.84 Å². The number of halogens is 2. The summed E-state index contributed by atoms with van der Waals surface area (Å²) in [5.41, 5.74) is 0. The monoisotopic (exact) mass is 303 g/mol. The third kappa shape index (κ3) is 2.86. The van der Waals surface area contributed by atoms with Crippen molar-refractivity contribution in [3.8, 4) is 0 Å². The second-order valence-corrected chi connectivity index (χ2v) is 7.61. The van der Waals surface area contributed by atoms with Gasteiger partial charge in [0, 0.05) is 6.04 Å². The Morgan fingerprint density at radius 2 is 1.95 bits per heavy atom. The summed E-state index contributed by atoms with van der Waals surface area (Å²) in [6.07, 6.45) is 2.12. The van der Waals surface area contributed by atoms with Gasteiger partial charge in [0.15, 0.2) is 9.84 Å². The minimum atomic E-state index is -3.89. The van der Waals surface area contributed by atoms with E-state index in [-0.39, 0.29) is 12.0 Å². The molecule has 1 aliphatic rings. The van der Waals surface area contributed by atoms with Gasteiger partial charge in [-0.25, -0.2) is 17.2 Å². The molecular weight excluding hydrogens is 284 g/mol. The minimum Gasteiger partial charge on any atom is -0.316 e. The summed E-state index contributed by atoms with van der Waals surface area (Å²) in [7, 11) is -2.19. The second-order valence-electron chi connectivity index (χ2n) is 5.47. The fourth-order valence-electron chi connectivity index (χ4n) is 2.86. The van der Waals surface area contributed by atoms with Crippen molar-refractivity contribution < 1.29 is 17.2 Å². The molecule has 0 bridgehead atoms. The molecule has 3 atom stereocenters. The van der Waals surface area contributed by atoms with Crippen molar-refractivity contribution in [1.29, 1.82) is 0 Å². The molecule has 1 aromatic carbocycles. The largest absolute Gasteiger partial charge is 0.316 e. The molecule has 112 valence electrons. The molecule has 0 radical (unpaired) electrons. The molecule has 0 heterocycles. The average molecular weight is 303 g/mol. The third-order valence-corrected chi connectivity index (χ3v) is 6.27. The highest BCUT2D eigenvalue weighted by atomic mass is 32.2. The highest BCUT2D eigenvalue weighted by Gasteiger charge is 2.39. The van der Waals surface area contributed by atoms with E-state index in [2.05, 4.69) is 5.32 Å². The lowest BCUT2D eigenvalue weighted by molar-refractivity contribution is 0.318. The fourth-order valence-corrected chi connectivity index (χ4v) is 5.09. The van der Waals surface area contributed by atoms with Crippen LogP contribution in [0.1, 0.15) is 26.2 Å². The van der Waals surface area contributed by atoms with E-state index in [1.807, 2.05) is 6.92 Å². The highest BCUT2D eigenvalue weighted by Crippen LogP contribution is 2.33. The van der Waals surface area contributed by atoms with Gasteiger partial charge in [-0.3, -0.25) is 0 Å². The summed E-state index contributed by atoms with van der Waals surface area (Å²) in [5.74, 6) is -1.37. The van der Waals surface area contributed by atoms with E-state index in [4.69, 9.17) is 0 Å². The van der Waals surface area contributed by atoms with E-state index >= 15 is 0 Å². The number of rotatable bonds is 3. The van der Waals surface area contributed by atoms with Gasteiger partial charge < -0.3 is 5.32 Å². The van der Waals surface area contributed by atoms with E-state index in [9.17, 15) is 17.2 Å². The first-order chi connectivity index (χ1) is 9.36. The van der Waals surface area contributed by atoms with E-state index in [1.165, 1.54) is 0 Å². The van der Waals surface area contributed by atoms with Crippen LogP contribution in [0.5, 0.6) is 0 Å². The van der Waals surface area contributed by atoms with Crippen LogP contribution in [-0.4, -0.2) is 26.8 Å². The molecule has 6 heteroatoms. The Kier molecular flexibility index (Phi) is 4.44. The lowest BCUT2D eigenvalue weighted by atomic mass is 9.87. The van der Waals surface area contributed by atoms with Crippen LogP contribution in [0.25, 0.3) is 0 Å². The molecule has 1 aromatic rings. The molecule has 0 spiro atoms. The SMILES string of the molecule is CNC1CCC(C)CC1S(=O)(=O)c1cc(F)ccc1F. The Balaban J connectivity index is 2.44. The molecule has 1 aliphatic carbocycles. The summed E-state index contributed by atoms with van der Waals surface area (Å²) in [5, 5.41) is 2.27. The van der Waals surface area contributed by atoms with Crippen LogP contribution in [0.4, 0.5) is 8.78 Å². The van der Waals surface area contributed by atoms with Gasteiger partial charge in [-0.1, -0.05) is 6.92 Å². The molecule has 2 rings (SSSR count). The van der Waals surface area contributed by atoms with Gasteiger partial charge in [-0.2, -0.15) is 0 Å². The highest BCUT2D eigenvalue weighted by molar-refractivity contribution is 7.92. The summed E-state index contributed by atoms with van der Waals surface area (Å²) in [6.45, 7) is 1.98. The Hall–Kier alpha value is -1.01. The van der Waals surface area contributed by atoms with Crippen LogP contribution in [0.2, 0.25) is 0 Å². The van der Waals surface area contributed by atoms with E-state index < -0.39 is 31.6 Å². The maximum Gasteiger partial charge on any atom is 0.185 e. The zero-order valence-corrected chi connectivity index (χ0v) is 12.4. The first kappa shape index (κ1) is 15.4. The van der Waals surface area contributed by atoms with Crippen molar-refractivity contribution in [3.05, 3.63) is 29.8 Å². The molecule has 1 fully saturated rings.